The highest BCUT2D eigenvalue weighted by molar-refractivity contribution is 9.11. The summed E-state index contributed by atoms with van der Waals surface area (Å²) < 4.78 is 13.3. The molecular weight excluding hydrogens is 606 g/mol. The summed E-state index contributed by atoms with van der Waals surface area (Å²) in [6, 6.07) is 23.0. The first-order valence-corrected chi connectivity index (χ1v) is 12.6. The van der Waals surface area contributed by atoms with Crippen molar-refractivity contribution in [1.29, 1.82) is 0 Å². The van der Waals surface area contributed by atoms with Gasteiger partial charge in [-0.3, -0.25) is 14.9 Å². The molecule has 184 valence electrons. The summed E-state index contributed by atoms with van der Waals surface area (Å²) in [4.78, 5) is 23.4. The van der Waals surface area contributed by atoms with E-state index in [1.165, 1.54) is 18.3 Å². The third kappa shape index (κ3) is 5.40. The van der Waals surface area contributed by atoms with Crippen LogP contribution < -0.4 is 10.2 Å². The number of non-ortho nitro benzene ring substituents is 1. The van der Waals surface area contributed by atoms with Gasteiger partial charge in [0, 0.05) is 27.6 Å². The molecule has 1 aromatic heterocycles. The smallest absolute Gasteiger partial charge is 0.307 e. The summed E-state index contributed by atoms with van der Waals surface area (Å²) in [5.74, 6) is 0.126. The van der Waals surface area contributed by atoms with E-state index in [1.54, 1.807) is 24.3 Å². The van der Waals surface area contributed by atoms with Gasteiger partial charge in [-0.15, -0.1) is 0 Å². The Morgan fingerprint density at radius 2 is 1.86 bits per heavy atom. The quantitative estimate of drug-likeness (QED) is 0.116. The van der Waals surface area contributed by atoms with Crippen molar-refractivity contribution in [3.8, 4) is 5.75 Å². The molecule has 0 fully saturated rings. The maximum atomic E-state index is 12.7. The zero-order valence-electron chi connectivity index (χ0n) is 19.0. The van der Waals surface area contributed by atoms with Crippen LogP contribution in [-0.2, 0) is 6.61 Å². The minimum atomic E-state index is -0.505. The molecule has 0 aliphatic rings. The molecule has 0 saturated carbocycles. The molecule has 0 aliphatic heterocycles. The van der Waals surface area contributed by atoms with Crippen LogP contribution in [0, 0.1) is 10.1 Å². The number of fused-ring (bicyclic) bond motifs is 2. The number of amides is 1. The fourth-order valence-electron chi connectivity index (χ4n) is 3.85. The molecule has 0 atom stereocenters. The van der Waals surface area contributed by atoms with Crippen molar-refractivity contribution in [2.45, 2.75) is 6.61 Å². The van der Waals surface area contributed by atoms with Crippen molar-refractivity contribution >= 4 is 71.4 Å². The predicted octanol–water partition coefficient (Wildman–Crippen LogP) is 7.36. The number of furan rings is 1. The molecule has 0 bridgehead atoms. The van der Waals surface area contributed by atoms with Crippen LogP contribution >= 0.6 is 31.9 Å². The second-order valence-electron chi connectivity index (χ2n) is 8.03. The van der Waals surface area contributed by atoms with Gasteiger partial charge in [0.05, 0.1) is 15.6 Å². The molecule has 10 heteroatoms. The van der Waals surface area contributed by atoms with Gasteiger partial charge in [0.1, 0.15) is 17.9 Å². The number of nitro groups is 1. The van der Waals surface area contributed by atoms with E-state index in [0.29, 0.717) is 22.5 Å². The van der Waals surface area contributed by atoms with Crippen molar-refractivity contribution in [2.24, 2.45) is 5.10 Å². The molecule has 37 heavy (non-hydrogen) atoms. The van der Waals surface area contributed by atoms with Crippen molar-refractivity contribution in [1.82, 2.24) is 5.43 Å². The van der Waals surface area contributed by atoms with Gasteiger partial charge in [0.25, 0.3) is 5.69 Å². The maximum Gasteiger partial charge on any atom is 0.307 e. The summed E-state index contributed by atoms with van der Waals surface area (Å²) in [6.07, 6.45) is 1.51. The molecule has 0 unspecified atom stereocenters. The Morgan fingerprint density at radius 1 is 1.03 bits per heavy atom. The number of carbonyl (C=O) groups is 1. The van der Waals surface area contributed by atoms with Crippen LogP contribution in [0.3, 0.4) is 0 Å². The number of nitrogens with one attached hydrogen (secondary N) is 1. The van der Waals surface area contributed by atoms with Crippen LogP contribution in [0.5, 0.6) is 5.75 Å². The number of hydrogen-bond acceptors (Lipinski definition) is 6. The van der Waals surface area contributed by atoms with E-state index in [2.05, 4.69) is 42.4 Å². The lowest BCUT2D eigenvalue weighted by atomic mass is 10.0. The lowest BCUT2D eigenvalue weighted by Crippen LogP contribution is -2.16. The standard InChI is InChI=1S/C27H17Br2N3O5/c28-19-11-18-12-25(37-26(18)23(29)13-19)27(33)31-30-14-22-21-7-2-1-5-17(21)8-9-24(22)36-15-16-4-3-6-20(10-16)32(34)35/h1-14H,15H2,(H,31,33)/b30-14-. The van der Waals surface area contributed by atoms with E-state index >= 15 is 0 Å². The average Bonchev–Trinajstić information content (AvgIpc) is 3.33. The zero-order chi connectivity index (χ0) is 25.9. The Hall–Kier alpha value is -4.02. The van der Waals surface area contributed by atoms with Crippen LogP contribution in [-0.4, -0.2) is 17.0 Å². The normalized spacial score (nSPS) is 11.3. The Balaban J connectivity index is 1.39. The molecule has 1 heterocycles. The number of benzene rings is 4. The third-order valence-corrected chi connectivity index (χ3v) is 6.61. The number of hydrogen-bond donors (Lipinski definition) is 1. The first-order chi connectivity index (χ1) is 17.9. The number of halogens is 2. The SMILES string of the molecule is O=C(N/N=C\c1c(OCc2cccc([N+](=O)[O-])c2)ccc2ccccc12)c1cc2cc(Br)cc(Br)c2o1. The molecule has 5 rings (SSSR count). The number of ether oxygens (including phenoxy) is 1. The van der Waals surface area contributed by atoms with Crippen LogP contribution in [0.15, 0.2) is 97.3 Å². The monoisotopic (exact) mass is 621 g/mol. The number of rotatable bonds is 7. The van der Waals surface area contributed by atoms with Crippen molar-refractivity contribution in [2.75, 3.05) is 0 Å². The van der Waals surface area contributed by atoms with Gasteiger partial charge in [-0.05, 0) is 56.5 Å². The minimum Gasteiger partial charge on any atom is -0.488 e. The van der Waals surface area contributed by atoms with Gasteiger partial charge < -0.3 is 9.15 Å². The highest BCUT2D eigenvalue weighted by Crippen LogP contribution is 2.31. The molecule has 1 amide bonds. The van der Waals surface area contributed by atoms with Crippen molar-refractivity contribution in [3.63, 3.8) is 0 Å². The molecule has 4 aromatic carbocycles. The predicted molar refractivity (Wildman–Crippen MR) is 148 cm³/mol. The van der Waals surface area contributed by atoms with E-state index in [-0.39, 0.29) is 18.1 Å². The topological polar surface area (TPSA) is 107 Å². The first-order valence-electron chi connectivity index (χ1n) is 11.0. The Kier molecular flexibility index (Phi) is 7.02. The Labute approximate surface area is 227 Å². The number of hydrazone groups is 1. The van der Waals surface area contributed by atoms with E-state index < -0.39 is 10.8 Å². The average molecular weight is 623 g/mol. The molecule has 8 nitrogen and oxygen atoms in total. The highest BCUT2D eigenvalue weighted by atomic mass is 79.9. The van der Waals surface area contributed by atoms with Gasteiger partial charge in [-0.2, -0.15) is 5.10 Å². The van der Waals surface area contributed by atoms with Crippen LogP contribution in [0.4, 0.5) is 5.69 Å². The molecule has 0 spiro atoms. The first kappa shape index (κ1) is 24.7. The maximum absolute atomic E-state index is 12.7. The lowest BCUT2D eigenvalue weighted by Gasteiger charge is -2.12. The summed E-state index contributed by atoms with van der Waals surface area (Å²) >= 11 is 6.86. The lowest BCUT2D eigenvalue weighted by molar-refractivity contribution is -0.384. The van der Waals surface area contributed by atoms with E-state index in [9.17, 15) is 14.9 Å². The number of nitrogens with zero attached hydrogens (tertiary/aromatic N) is 2. The minimum absolute atomic E-state index is 0.00548. The largest absolute Gasteiger partial charge is 0.488 e. The summed E-state index contributed by atoms with van der Waals surface area (Å²) in [5.41, 5.74) is 4.37. The Bertz CT molecular complexity index is 1700. The highest BCUT2D eigenvalue weighted by Gasteiger charge is 2.15. The van der Waals surface area contributed by atoms with E-state index in [4.69, 9.17) is 9.15 Å². The van der Waals surface area contributed by atoms with Gasteiger partial charge in [0.2, 0.25) is 0 Å². The molecule has 0 radical (unpaired) electrons. The van der Waals surface area contributed by atoms with Crippen molar-refractivity contribution in [3.05, 3.63) is 115 Å². The van der Waals surface area contributed by atoms with E-state index in [1.807, 2.05) is 42.5 Å². The Morgan fingerprint density at radius 3 is 2.70 bits per heavy atom. The molecule has 0 aliphatic carbocycles. The van der Waals surface area contributed by atoms with Crippen LogP contribution in [0.1, 0.15) is 21.7 Å². The van der Waals surface area contributed by atoms with Crippen LogP contribution in [0.25, 0.3) is 21.7 Å². The summed E-state index contributed by atoms with van der Waals surface area (Å²) in [5, 5.41) is 17.8. The summed E-state index contributed by atoms with van der Waals surface area (Å²) in [6.45, 7) is 0.122. The number of nitro benzene ring substituents is 1. The van der Waals surface area contributed by atoms with E-state index in [0.717, 1.165) is 25.1 Å². The molecule has 0 saturated heterocycles. The molecule has 1 N–H and O–H groups in total. The number of carbonyl (C=O) groups excluding carboxylic acids is 1. The van der Waals surface area contributed by atoms with Gasteiger partial charge >= 0.3 is 5.91 Å². The second-order valence-corrected chi connectivity index (χ2v) is 9.80. The van der Waals surface area contributed by atoms with Gasteiger partial charge in [-0.1, -0.05) is 58.4 Å². The second kappa shape index (κ2) is 10.5. The molecule has 5 aromatic rings. The zero-order valence-corrected chi connectivity index (χ0v) is 22.2. The van der Waals surface area contributed by atoms with Gasteiger partial charge in [-0.25, -0.2) is 5.43 Å². The van der Waals surface area contributed by atoms with Gasteiger partial charge in [0.15, 0.2) is 5.76 Å². The summed E-state index contributed by atoms with van der Waals surface area (Å²) in [7, 11) is 0. The fourth-order valence-corrected chi connectivity index (χ4v) is 5.19. The van der Waals surface area contributed by atoms with Crippen LogP contribution in [0.2, 0.25) is 0 Å². The van der Waals surface area contributed by atoms with Crippen molar-refractivity contribution < 1.29 is 18.9 Å². The molecular formula is C27H17Br2N3O5. The third-order valence-electron chi connectivity index (χ3n) is 5.57. The fraction of sp³-hybridized carbons (Fsp3) is 0.0370.